The fraction of sp³-hybridized carbons (Fsp3) is 0.650. The highest BCUT2D eigenvalue weighted by Gasteiger charge is 2.42. The van der Waals surface area contributed by atoms with Gasteiger partial charge in [-0.3, -0.25) is 14.6 Å². The van der Waals surface area contributed by atoms with Crippen LogP contribution in [0.25, 0.3) is 0 Å². The summed E-state index contributed by atoms with van der Waals surface area (Å²) in [4.78, 5) is 32.9. The van der Waals surface area contributed by atoms with E-state index in [9.17, 15) is 9.59 Å². The highest BCUT2D eigenvalue weighted by molar-refractivity contribution is 5.80. The fourth-order valence-electron chi connectivity index (χ4n) is 4.15. The van der Waals surface area contributed by atoms with Crippen LogP contribution in [0.5, 0.6) is 0 Å². The van der Waals surface area contributed by atoms with Gasteiger partial charge in [-0.25, -0.2) is 0 Å². The number of aromatic nitrogens is 1. The average molecular weight is 359 g/mol. The minimum Gasteiger partial charge on any atom is -0.369 e. The van der Waals surface area contributed by atoms with Gasteiger partial charge >= 0.3 is 0 Å². The molecule has 0 radical (unpaired) electrons. The smallest absolute Gasteiger partial charge is 0.251 e. The number of likely N-dealkylation sites (tertiary alicyclic amines) is 2. The summed E-state index contributed by atoms with van der Waals surface area (Å²) < 4.78 is 5.44. The second-order valence-corrected chi connectivity index (χ2v) is 7.53. The van der Waals surface area contributed by atoms with Crippen molar-refractivity contribution in [3.63, 3.8) is 0 Å². The molecule has 2 amide bonds. The Morgan fingerprint density at radius 3 is 2.77 bits per heavy atom. The summed E-state index contributed by atoms with van der Waals surface area (Å²) in [5, 5.41) is 0. The lowest BCUT2D eigenvalue weighted by Gasteiger charge is -2.47. The van der Waals surface area contributed by atoms with Gasteiger partial charge in [0.25, 0.3) is 5.91 Å². The third-order valence-electron chi connectivity index (χ3n) is 5.74. The molecule has 3 heterocycles. The van der Waals surface area contributed by atoms with Crippen molar-refractivity contribution in [1.82, 2.24) is 14.8 Å². The Bertz CT molecular complexity index is 626. The number of carbonyl (C=O) groups excluding carboxylic acids is 2. The van der Waals surface area contributed by atoms with Crippen molar-refractivity contribution < 1.29 is 14.3 Å². The zero-order valence-corrected chi connectivity index (χ0v) is 15.8. The maximum atomic E-state index is 12.4. The largest absolute Gasteiger partial charge is 0.369 e. The van der Waals surface area contributed by atoms with Gasteiger partial charge in [0.15, 0.2) is 0 Å². The van der Waals surface area contributed by atoms with Crippen molar-refractivity contribution in [3.8, 4) is 0 Å². The van der Waals surface area contributed by atoms with Crippen LogP contribution in [0, 0.1) is 5.41 Å². The van der Waals surface area contributed by atoms with Gasteiger partial charge in [-0.2, -0.15) is 0 Å². The van der Waals surface area contributed by atoms with E-state index in [2.05, 4.69) is 4.98 Å². The van der Waals surface area contributed by atoms with Crippen LogP contribution in [0.2, 0.25) is 0 Å². The van der Waals surface area contributed by atoms with Crippen molar-refractivity contribution in [1.29, 1.82) is 0 Å². The zero-order valence-electron chi connectivity index (χ0n) is 15.8. The summed E-state index contributed by atoms with van der Waals surface area (Å²) in [5.74, 6) is 0.309. The second-order valence-electron chi connectivity index (χ2n) is 7.53. The van der Waals surface area contributed by atoms with Gasteiger partial charge < -0.3 is 14.5 Å². The highest BCUT2D eigenvalue weighted by Crippen LogP contribution is 2.40. The SMILES string of the molecule is CCOC(C)C(=O)N1CCC2(CCC(=O)N(Cc3cccnc3)C2)CC1. The van der Waals surface area contributed by atoms with E-state index in [1.807, 2.05) is 42.0 Å². The molecule has 1 aromatic rings. The maximum Gasteiger partial charge on any atom is 0.251 e. The van der Waals surface area contributed by atoms with Gasteiger partial charge in [-0.05, 0) is 50.2 Å². The third kappa shape index (κ3) is 4.23. The Balaban J connectivity index is 1.59. The minimum atomic E-state index is -0.371. The first-order valence-electron chi connectivity index (χ1n) is 9.60. The van der Waals surface area contributed by atoms with Gasteiger partial charge in [-0.1, -0.05) is 6.07 Å². The molecule has 1 aromatic heterocycles. The number of carbonyl (C=O) groups is 2. The van der Waals surface area contributed by atoms with Gasteiger partial charge in [-0.15, -0.1) is 0 Å². The van der Waals surface area contributed by atoms with E-state index in [-0.39, 0.29) is 23.3 Å². The van der Waals surface area contributed by atoms with Crippen LogP contribution in [0.1, 0.15) is 45.1 Å². The quantitative estimate of drug-likeness (QED) is 0.809. The first-order valence-corrected chi connectivity index (χ1v) is 9.60. The number of pyridine rings is 1. The molecular weight excluding hydrogens is 330 g/mol. The van der Waals surface area contributed by atoms with Crippen LogP contribution in [0.3, 0.4) is 0 Å². The van der Waals surface area contributed by atoms with E-state index in [0.29, 0.717) is 19.6 Å². The van der Waals surface area contributed by atoms with Crippen LogP contribution >= 0.6 is 0 Å². The molecule has 2 fully saturated rings. The summed E-state index contributed by atoms with van der Waals surface area (Å²) >= 11 is 0. The summed E-state index contributed by atoms with van der Waals surface area (Å²) in [5.41, 5.74) is 1.21. The molecule has 6 nitrogen and oxygen atoms in total. The summed E-state index contributed by atoms with van der Waals surface area (Å²) in [6.07, 6.45) is 6.64. The normalized spacial score (nSPS) is 21.1. The molecule has 2 saturated heterocycles. The molecule has 1 atom stereocenters. The molecule has 2 aliphatic rings. The lowest BCUT2D eigenvalue weighted by molar-refractivity contribution is -0.148. The van der Waals surface area contributed by atoms with Crippen molar-refractivity contribution in [3.05, 3.63) is 30.1 Å². The minimum absolute atomic E-state index is 0.0841. The molecule has 142 valence electrons. The molecule has 26 heavy (non-hydrogen) atoms. The van der Waals surface area contributed by atoms with Crippen LogP contribution < -0.4 is 0 Å². The molecular formula is C20H29N3O3. The Labute approximate surface area is 155 Å². The number of piperidine rings is 2. The monoisotopic (exact) mass is 359 g/mol. The molecule has 0 saturated carbocycles. The lowest BCUT2D eigenvalue weighted by atomic mass is 9.72. The molecule has 6 heteroatoms. The standard InChI is InChI=1S/C20H29N3O3/c1-3-26-16(2)19(25)22-11-8-20(9-12-22)7-6-18(24)23(15-20)14-17-5-4-10-21-13-17/h4-5,10,13,16H,3,6-9,11-12,14-15H2,1-2H3. The zero-order chi connectivity index (χ0) is 18.6. The van der Waals surface area contributed by atoms with Crippen molar-refractivity contribution in [2.45, 2.75) is 52.2 Å². The Morgan fingerprint density at radius 1 is 1.35 bits per heavy atom. The summed E-state index contributed by atoms with van der Waals surface area (Å²) in [6.45, 7) is 7.20. The molecule has 0 aromatic carbocycles. The van der Waals surface area contributed by atoms with E-state index < -0.39 is 0 Å². The van der Waals surface area contributed by atoms with Crippen molar-refractivity contribution >= 4 is 11.8 Å². The Morgan fingerprint density at radius 2 is 2.12 bits per heavy atom. The average Bonchev–Trinajstić information content (AvgIpc) is 2.66. The Hall–Kier alpha value is -1.95. The van der Waals surface area contributed by atoms with Crippen LogP contribution in [-0.2, 0) is 20.9 Å². The van der Waals surface area contributed by atoms with Gasteiger partial charge in [0.1, 0.15) is 6.10 Å². The first kappa shape index (κ1) is 18.8. The van der Waals surface area contributed by atoms with E-state index in [4.69, 9.17) is 4.74 Å². The molecule has 3 rings (SSSR count). The molecule has 1 spiro atoms. The van der Waals surface area contributed by atoms with Gasteiger partial charge in [0, 0.05) is 51.6 Å². The predicted molar refractivity (Wildman–Crippen MR) is 98.2 cm³/mol. The van der Waals surface area contributed by atoms with E-state index in [1.54, 1.807) is 6.20 Å². The van der Waals surface area contributed by atoms with Crippen LogP contribution in [0.15, 0.2) is 24.5 Å². The number of nitrogens with zero attached hydrogens (tertiary/aromatic N) is 3. The summed E-state index contributed by atoms with van der Waals surface area (Å²) in [6, 6.07) is 3.92. The third-order valence-corrected chi connectivity index (χ3v) is 5.74. The predicted octanol–water partition coefficient (Wildman–Crippen LogP) is 2.24. The molecule has 2 aliphatic heterocycles. The first-order chi connectivity index (χ1) is 12.5. The van der Waals surface area contributed by atoms with E-state index >= 15 is 0 Å². The molecule has 0 aliphatic carbocycles. The molecule has 0 N–H and O–H groups in total. The van der Waals surface area contributed by atoms with E-state index in [0.717, 1.165) is 44.5 Å². The van der Waals surface area contributed by atoms with Crippen LogP contribution in [-0.4, -0.2) is 58.9 Å². The highest BCUT2D eigenvalue weighted by atomic mass is 16.5. The molecule has 1 unspecified atom stereocenters. The summed E-state index contributed by atoms with van der Waals surface area (Å²) in [7, 11) is 0. The lowest BCUT2D eigenvalue weighted by Crippen LogP contribution is -2.53. The number of hydrogen-bond donors (Lipinski definition) is 0. The number of ether oxygens (including phenoxy) is 1. The van der Waals surface area contributed by atoms with E-state index in [1.165, 1.54) is 0 Å². The van der Waals surface area contributed by atoms with Crippen molar-refractivity contribution in [2.24, 2.45) is 5.41 Å². The molecule has 0 bridgehead atoms. The number of rotatable bonds is 5. The number of amides is 2. The maximum absolute atomic E-state index is 12.4. The van der Waals surface area contributed by atoms with Gasteiger partial charge in [0.05, 0.1) is 0 Å². The fourth-order valence-corrected chi connectivity index (χ4v) is 4.15. The van der Waals surface area contributed by atoms with Gasteiger partial charge in [0.2, 0.25) is 5.91 Å². The van der Waals surface area contributed by atoms with Crippen LogP contribution in [0.4, 0.5) is 0 Å². The Kier molecular flexibility index (Phi) is 5.91. The second kappa shape index (κ2) is 8.16. The topological polar surface area (TPSA) is 62.7 Å². The van der Waals surface area contributed by atoms with Crippen molar-refractivity contribution in [2.75, 3.05) is 26.2 Å². The number of hydrogen-bond acceptors (Lipinski definition) is 4.